The van der Waals surface area contributed by atoms with Crippen LogP contribution in [0.4, 0.5) is 4.39 Å². The molecule has 0 aliphatic rings. The van der Waals surface area contributed by atoms with Crippen LogP contribution >= 0.6 is 0 Å². The third kappa shape index (κ3) is 1.29. The maximum atomic E-state index is 13.3. The molecule has 0 N–H and O–H groups in total. The number of halogens is 1. The summed E-state index contributed by atoms with van der Waals surface area (Å²) in [7, 11) is 0. The van der Waals surface area contributed by atoms with Crippen LogP contribution in [0.1, 0.15) is 17.3 Å². The fraction of sp³-hybridized carbons (Fsp3) is 0.0833. The van der Waals surface area contributed by atoms with E-state index in [1.165, 1.54) is 13.0 Å². The van der Waals surface area contributed by atoms with E-state index < -0.39 is 0 Å². The minimum Gasteiger partial charge on any atom is -0.294 e. The van der Waals surface area contributed by atoms with Gasteiger partial charge in [-0.15, -0.1) is 0 Å². The van der Waals surface area contributed by atoms with Gasteiger partial charge < -0.3 is 0 Å². The first-order valence-electron chi connectivity index (χ1n) is 4.38. The summed E-state index contributed by atoms with van der Waals surface area (Å²) in [5.74, 6) is -0.327. The standard InChI is InChI=1S/C12H9FO/c1-8(14)9-4-2-6-11-10(9)5-3-7-12(11)13/h2-7H,1H3/i13-1. The molecule has 0 aromatic heterocycles. The second-order valence-electron chi connectivity index (χ2n) is 3.20. The zero-order chi connectivity index (χ0) is 10.1. The van der Waals surface area contributed by atoms with Crippen LogP contribution in [0.2, 0.25) is 0 Å². The number of rotatable bonds is 1. The Kier molecular flexibility index (Phi) is 2.04. The molecule has 1 nitrogen and oxygen atoms in total. The Morgan fingerprint density at radius 3 is 2.43 bits per heavy atom. The molecule has 0 unspecified atom stereocenters. The fourth-order valence-corrected chi connectivity index (χ4v) is 1.58. The summed E-state index contributed by atoms with van der Waals surface area (Å²) in [6.07, 6.45) is 0. The molecule has 0 saturated heterocycles. The number of hydrogen-bond donors (Lipinski definition) is 0. The average Bonchev–Trinajstić information content (AvgIpc) is 2.17. The summed E-state index contributed by atoms with van der Waals surface area (Å²) in [6, 6.07) is 9.86. The van der Waals surface area contributed by atoms with Crippen LogP contribution < -0.4 is 0 Å². The lowest BCUT2D eigenvalue weighted by Crippen LogP contribution is -1.93. The maximum Gasteiger partial charge on any atom is 0.160 e. The quantitative estimate of drug-likeness (QED) is 0.626. The number of benzene rings is 2. The molecule has 0 atom stereocenters. The van der Waals surface area contributed by atoms with Gasteiger partial charge in [0.1, 0.15) is 5.82 Å². The largest absolute Gasteiger partial charge is 0.294 e. The Balaban J connectivity index is 2.88. The molecule has 14 heavy (non-hydrogen) atoms. The second kappa shape index (κ2) is 3.22. The van der Waals surface area contributed by atoms with E-state index in [0.29, 0.717) is 16.3 Å². The topological polar surface area (TPSA) is 17.1 Å². The summed E-state index contributed by atoms with van der Waals surface area (Å²) in [5, 5.41) is 1.18. The molecule has 0 fully saturated rings. The van der Waals surface area contributed by atoms with Gasteiger partial charge in [0.25, 0.3) is 0 Å². The van der Waals surface area contributed by atoms with E-state index in [9.17, 15) is 9.18 Å². The van der Waals surface area contributed by atoms with Crippen LogP contribution in [0.15, 0.2) is 36.4 Å². The molecule has 70 valence electrons. The summed E-state index contributed by atoms with van der Waals surface area (Å²) in [4.78, 5) is 11.2. The van der Waals surface area contributed by atoms with E-state index in [1.54, 1.807) is 30.3 Å². The number of carbonyl (C=O) groups excluding carboxylic acids is 1. The second-order valence-corrected chi connectivity index (χ2v) is 3.20. The van der Waals surface area contributed by atoms with Crippen molar-refractivity contribution >= 4 is 16.6 Å². The average molecular weight is 187 g/mol. The fourth-order valence-electron chi connectivity index (χ4n) is 1.58. The lowest BCUT2D eigenvalue weighted by atomic mass is 10.0. The van der Waals surface area contributed by atoms with Gasteiger partial charge in [0, 0.05) is 10.9 Å². The number of ketones is 1. The highest BCUT2D eigenvalue weighted by atomic mass is 18.2. The van der Waals surface area contributed by atoms with E-state index >= 15 is 0 Å². The lowest BCUT2D eigenvalue weighted by Gasteiger charge is -2.03. The first kappa shape index (κ1) is 8.88. The van der Waals surface area contributed by atoms with Crippen molar-refractivity contribution in [3.63, 3.8) is 0 Å². The molecule has 0 aliphatic carbocycles. The highest BCUT2D eigenvalue weighted by Gasteiger charge is 2.06. The SMILES string of the molecule is CC(=O)c1cccc2c([18F])cccc12. The summed E-state index contributed by atoms with van der Waals surface area (Å²) in [6.45, 7) is 1.49. The normalized spacial score (nSPS) is 10.4. The minimum atomic E-state index is -0.286. The molecule has 0 heterocycles. The zero-order valence-electron chi connectivity index (χ0n) is 7.75. The molecule has 2 heteroatoms. The molecule has 0 bridgehead atoms. The third-order valence-electron chi connectivity index (χ3n) is 2.25. The predicted octanol–water partition coefficient (Wildman–Crippen LogP) is 3.18. The first-order chi connectivity index (χ1) is 6.70. The Hall–Kier alpha value is -1.70. The van der Waals surface area contributed by atoms with E-state index in [1.807, 2.05) is 0 Å². The number of fused-ring (bicyclic) bond motifs is 1. The Morgan fingerprint density at radius 1 is 1.07 bits per heavy atom. The number of Topliss-reactive ketones (excluding diaryl/α,β-unsaturated/α-hetero) is 1. The molecule has 0 radical (unpaired) electrons. The number of hydrogen-bond acceptors (Lipinski definition) is 1. The molecule has 0 amide bonds. The summed E-state index contributed by atoms with van der Waals surface area (Å²) < 4.78 is 13.3. The van der Waals surface area contributed by atoms with Crippen molar-refractivity contribution in [2.45, 2.75) is 6.92 Å². The monoisotopic (exact) mass is 187 g/mol. The van der Waals surface area contributed by atoms with E-state index in [0.717, 1.165) is 0 Å². The molecule has 0 aliphatic heterocycles. The van der Waals surface area contributed by atoms with Crippen molar-refractivity contribution in [2.75, 3.05) is 0 Å². The van der Waals surface area contributed by atoms with Crippen molar-refractivity contribution in [3.05, 3.63) is 47.8 Å². The van der Waals surface area contributed by atoms with Gasteiger partial charge in [0.15, 0.2) is 5.78 Å². The highest BCUT2D eigenvalue weighted by molar-refractivity contribution is 6.07. The minimum absolute atomic E-state index is 0.0406. The van der Waals surface area contributed by atoms with Crippen LogP contribution in [0.25, 0.3) is 10.8 Å². The molecule has 0 saturated carbocycles. The molecular weight excluding hydrogens is 178 g/mol. The van der Waals surface area contributed by atoms with Gasteiger partial charge in [-0.05, 0) is 18.4 Å². The van der Waals surface area contributed by atoms with E-state index in [4.69, 9.17) is 0 Å². The van der Waals surface area contributed by atoms with Gasteiger partial charge in [-0.1, -0.05) is 30.3 Å². The summed E-state index contributed by atoms with van der Waals surface area (Å²) >= 11 is 0. The van der Waals surface area contributed by atoms with Gasteiger partial charge >= 0.3 is 0 Å². The van der Waals surface area contributed by atoms with Crippen molar-refractivity contribution in [1.29, 1.82) is 0 Å². The van der Waals surface area contributed by atoms with Crippen LogP contribution in [-0.2, 0) is 0 Å². The van der Waals surface area contributed by atoms with Crippen LogP contribution in [0.5, 0.6) is 0 Å². The van der Waals surface area contributed by atoms with Crippen molar-refractivity contribution in [3.8, 4) is 0 Å². The molecular formula is C12H9FO. The van der Waals surface area contributed by atoms with Crippen LogP contribution in [0, 0.1) is 5.82 Å². The number of carbonyl (C=O) groups is 1. The Bertz CT molecular complexity index is 503. The zero-order valence-corrected chi connectivity index (χ0v) is 7.75. The summed E-state index contributed by atoms with van der Waals surface area (Å²) in [5.41, 5.74) is 0.571. The molecule has 0 spiro atoms. The van der Waals surface area contributed by atoms with Gasteiger partial charge in [0.2, 0.25) is 0 Å². The van der Waals surface area contributed by atoms with Gasteiger partial charge in [-0.2, -0.15) is 0 Å². The van der Waals surface area contributed by atoms with Crippen molar-refractivity contribution < 1.29 is 9.18 Å². The smallest absolute Gasteiger partial charge is 0.160 e. The van der Waals surface area contributed by atoms with Gasteiger partial charge in [-0.3, -0.25) is 4.79 Å². The van der Waals surface area contributed by atoms with Crippen molar-refractivity contribution in [1.82, 2.24) is 0 Å². The highest BCUT2D eigenvalue weighted by Crippen LogP contribution is 2.21. The van der Waals surface area contributed by atoms with Crippen molar-refractivity contribution in [2.24, 2.45) is 0 Å². The molecule has 2 aromatic rings. The lowest BCUT2D eigenvalue weighted by molar-refractivity contribution is 0.101. The Labute approximate surface area is 81.2 Å². The van der Waals surface area contributed by atoms with E-state index in [2.05, 4.69) is 0 Å². The maximum absolute atomic E-state index is 13.3. The molecule has 2 rings (SSSR count). The predicted molar refractivity (Wildman–Crippen MR) is 53.9 cm³/mol. The van der Waals surface area contributed by atoms with Gasteiger partial charge in [-0.25, -0.2) is 4.39 Å². The third-order valence-corrected chi connectivity index (χ3v) is 2.25. The van der Waals surface area contributed by atoms with Gasteiger partial charge in [0.05, 0.1) is 0 Å². The van der Waals surface area contributed by atoms with E-state index in [-0.39, 0.29) is 11.6 Å². The Morgan fingerprint density at radius 2 is 1.71 bits per heavy atom. The van der Waals surface area contributed by atoms with Crippen LogP contribution in [-0.4, -0.2) is 5.78 Å². The first-order valence-corrected chi connectivity index (χ1v) is 4.38. The van der Waals surface area contributed by atoms with Crippen LogP contribution in [0.3, 0.4) is 0 Å². The molecule has 2 aromatic carbocycles.